The Kier molecular flexibility index (Phi) is 3.17. The van der Waals surface area contributed by atoms with Crippen molar-refractivity contribution in [2.75, 3.05) is 0 Å². The third-order valence-corrected chi connectivity index (χ3v) is 1.85. The quantitative estimate of drug-likeness (QED) is 0.768. The summed E-state index contributed by atoms with van der Waals surface area (Å²) in [5.74, 6) is -0.569. The molecule has 0 radical (unpaired) electrons. The van der Waals surface area contributed by atoms with Crippen LogP contribution in [-0.2, 0) is 0 Å². The second-order valence-corrected chi connectivity index (χ2v) is 2.82. The molecule has 0 spiro atoms. The second-order valence-electron chi connectivity index (χ2n) is 2.82. The van der Waals surface area contributed by atoms with Gasteiger partial charge in [0.1, 0.15) is 11.9 Å². The fourth-order valence-corrected chi connectivity index (χ4v) is 1.08. The predicted octanol–water partition coefficient (Wildman–Crippen LogP) is 1.61. The van der Waals surface area contributed by atoms with E-state index in [0.717, 1.165) is 0 Å². The Labute approximate surface area is 81.2 Å². The van der Waals surface area contributed by atoms with Gasteiger partial charge in [-0.05, 0) is 17.7 Å². The summed E-state index contributed by atoms with van der Waals surface area (Å²) in [6.45, 7) is 0. The number of hydrogen-bond donors (Lipinski definition) is 1. The van der Waals surface area contributed by atoms with Gasteiger partial charge in [-0.15, -0.1) is 0 Å². The molecule has 70 valence electrons. The number of rotatable bonds is 2. The summed E-state index contributed by atoms with van der Waals surface area (Å²) < 4.78 is 12.9. The Morgan fingerprint density at radius 1 is 1.43 bits per heavy atom. The molecular weight excluding hydrogens is 181 g/mol. The lowest BCUT2D eigenvalue weighted by atomic mass is 10.0. The van der Waals surface area contributed by atoms with Crippen molar-refractivity contribution in [2.45, 2.75) is 12.5 Å². The molecule has 0 amide bonds. The Balaban J connectivity index is 3.03. The molecule has 0 saturated heterocycles. The van der Waals surface area contributed by atoms with Crippen molar-refractivity contribution in [3.8, 4) is 12.1 Å². The zero-order valence-corrected chi connectivity index (χ0v) is 7.37. The molecule has 1 aromatic carbocycles. The number of nitriles is 2. The molecule has 0 unspecified atom stereocenters. The first-order valence-electron chi connectivity index (χ1n) is 4.01. The van der Waals surface area contributed by atoms with E-state index in [1.165, 1.54) is 18.2 Å². The van der Waals surface area contributed by atoms with Gasteiger partial charge >= 0.3 is 0 Å². The smallest absolute Gasteiger partial charge is 0.140 e. The van der Waals surface area contributed by atoms with Gasteiger partial charge in [0.25, 0.3) is 0 Å². The van der Waals surface area contributed by atoms with Crippen LogP contribution in [0, 0.1) is 28.5 Å². The van der Waals surface area contributed by atoms with Crippen LogP contribution in [0.4, 0.5) is 4.39 Å². The van der Waals surface area contributed by atoms with Gasteiger partial charge in [0.15, 0.2) is 0 Å². The van der Waals surface area contributed by atoms with Gasteiger partial charge in [-0.3, -0.25) is 0 Å². The summed E-state index contributed by atoms with van der Waals surface area (Å²) in [5.41, 5.74) is 6.18. The van der Waals surface area contributed by atoms with Crippen molar-refractivity contribution >= 4 is 0 Å². The largest absolute Gasteiger partial charge is 0.323 e. The molecule has 0 aliphatic rings. The van der Waals surface area contributed by atoms with Gasteiger partial charge in [-0.2, -0.15) is 10.5 Å². The molecule has 0 fully saturated rings. The SMILES string of the molecule is N#CC[C@H](N)c1ccc(F)c(C#N)c1. The molecule has 14 heavy (non-hydrogen) atoms. The molecule has 0 aromatic heterocycles. The minimum absolute atomic E-state index is 0.0455. The monoisotopic (exact) mass is 189 g/mol. The van der Waals surface area contributed by atoms with Crippen LogP contribution in [0.1, 0.15) is 23.6 Å². The average Bonchev–Trinajstić information content (AvgIpc) is 2.19. The highest BCUT2D eigenvalue weighted by Crippen LogP contribution is 2.16. The van der Waals surface area contributed by atoms with E-state index >= 15 is 0 Å². The van der Waals surface area contributed by atoms with Crippen LogP contribution < -0.4 is 5.73 Å². The van der Waals surface area contributed by atoms with Gasteiger partial charge in [0.05, 0.1) is 18.1 Å². The van der Waals surface area contributed by atoms with Crippen LogP contribution in [0.2, 0.25) is 0 Å². The van der Waals surface area contributed by atoms with E-state index in [4.69, 9.17) is 16.3 Å². The summed E-state index contributed by atoms with van der Waals surface area (Å²) in [6.07, 6.45) is 0.149. The van der Waals surface area contributed by atoms with Crippen LogP contribution >= 0.6 is 0 Å². The number of benzene rings is 1. The summed E-state index contributed by atoms with van der Waals surface area (Å²) in [6, 6.07) is 7.21. The van der Waals surface area contributed by atoms with E-state index in [2.05, 4.69) is 0 Å². The van der Waals surface area contributed by atoms with Crippen molar-refractivity contribution in [1.29, 1.82) is 10.5 Å². The van der Waals surface area contributed by atoms with Crippen LogP contribution in [0.3, 0.4) is 0 Å². The Bertz CT molecular complexity index is 414. The van der Waals surface area contributed by atoms with Crippen molar-refractivity contribution in [1.82, 2.24) is 0 Å². The molecule has 3 nitrogen and oxygen atoms in total. The zero-order chi connectivity index (χ0) is 10.6. The van der Waals surface area contributed by atoms with Crippen LogP contribution in [0.5, 0.6) is 0 Å². The van der Waals surface area contributed by atoms with Crippen LogP contribution in [-0.4, -0.2) is 0 Å². The van der Waals surface area contributed by atoms with Crippen molar-refractivity contribution in [3.05, 3.63) is 35.1 Å². The fourth-order valence-electron chi connectivity index (χ4n) is 1.08. The normalized spacial score (nSPS) is 11.4. The number of halogens is 1. The summed E-state index contributed by atoms with van der Waals surface area (Å²) in [7, 11) is 0. The second kappa shape index (κ2) is 4.36. The molecule has 0 heterocycles. The highest BCUT2D eigenvalue weighted by Gasteiger charge is 2.08. The maximum absolute atomic E-state index is 12.9. The summed E-state index contributed by atoms with van der Waals surface area (Å²) >= 11 is 0. The lowest BCUT2D eigenvalue weighted by Gasteiger charge is -2.07. The Hall–Kier alpha value is -1.91. The minimum atomic E-state index is -0.569. The van der Waals surface area contributed by atoms with Crippen LogP contribution in [0.15, 0.2) is 18.2 Å². The van der Waals surface area contributed by atoms with Gasteiger partial charge < -0.3 is 5.73 Å². The first-order valence-corrected chi connectivity index (χ1v) is 4.01. The van der Waals surface area contributed by atoms with E-state index in [1.807, 2.05) is 6.07 Å². The topological polar surface area (TPSA) is 73.6 Å². The van der Waals surface area contributed by atoms with Gasteiger partial charge in [0.2, 0.25) is 0 Å². The standard InChI is InChI=1S/C10H8FN3/c11-9-2-1-7(5-8(9)6-13)10(14)3-4-12/h1-2,5,10H,3,14H2/t10-/m0/s1. The van der Waals surface area contributed by atoms with Gasteiger partial charge in [-0.25, -0.2) is 4.39 Å². The molecule has 0 aliphatic carbocycles. The van der Waals surface area contributed by atoms with E-state index in [0.29, 0.717) is 5.56 Å². The Morgan fingerprint density at radius 3 is 2.71 bits per heavy atom. The molecule has 0 aliphatic heterocycles. The first-order chi connectivity index (χ1) is 6.69. The maximum atomic E-state index is 12.9. The molecular formula is C10H8FN3. The summed E-state index contributed by atoms with van der Waals surface area (Å²) in [5, 5.41) is 17.0. The lowest BCUT2D eigenvalue weighted by Crippen LogP contribution is -2.09. The molecule has 1 atom stereocenters. The average molecular weight is 189 g/mol. The third-order valence-electron chi connectivity index (χ3n) is 1.85. The fraction of sp³-hybridized carbons (Fsp3) is 0.200. The predicted molar refractivity (Wildman–Crippen MR) is 48.3 cm³/mol. The van der Waals surface area contributed by atoms with Crippen molar-refractivity contribution in [3.63, 3.8) is 0 Å². The molecule has 1 aromatic rings. The highest BCUT2D eigenvalue weighted by molar-refractivity contribution is 5.35. The van der Waals surface area contributed by atoms with Gasteiger partial charge in [0, 0.05) is 6.04 Å². The highest BCUT2D eigenvalue weighted by atomic mass is 19.1. The minimum Gasteiger partial charge on any atom is -0.323 e. The van der Waals surface area contributed by atoms with E-state index in [1.54, 1.807) is 6.07 Å². The number of nitrogens with zero attached hydrogens (tertiary/aromatic N) is 2. The molecule has 1 rings (SSSR count). The van der Waals surface area contributed by atoms with Crippen molar-refractivity contribution in [2.24, 2.45) is 5.73 Å². The lowest BCUT2D eigenvalue weighted by molar-refractivity contribution is 0.621. The Morgan fingerprint density at radius 2 is 2.14 bits per heavy atom. The van der Waals surface area contributed by atoms with E-state index in [-0.39, 0.29) is 12.0 Å². The molecule has 4 heteroatoms. The maximum Gasteiger partial charge on any atom is 0.140 e. The molecule has 0 saturated carbocycles. The number of nitrogens with two attached hydrogens (primary N) is 1. The van der Waals surface area contributed by atoms with Crippen molar-refractivity contribution < 1.29 is 4.39 Å². The number of hydrogen-bond acceptors (Lipinski definition) is 3. The summed E-state index contributed by atoms with van der Waals surface area (Å²) in [4.78, 5) is 0. The first kappa shape index (κ1) is 10.2. The molecule has 0 bridgehead atoms. The van der Waals surface area contributed by atoms with Gasteiger partial charge in [-0.1, -0.05) is 6.07 Å². The van der Waals surface area contributed by atoms with E-state index < -0.39 is 11.9 Å². The van der Waals surface area contributed by atoms with E-state index in [9.17, 15) is 4.39 Å². The third kappa shape index (κ3) is 2.07. The molecule has 2 N–H and O–H groups in total. The van der Waals surface area contributed by atoms with Crippen LogP contribution in [0.25, 0.3) is 0 Å². The zero-order valence-electron chi connectivity index (χ0n) is 7.37.